The van der Waals surface area contributed by atoms with E-state index in [0.29, 0.717) is 5.69 Å². The van der Waals surface area contributed by atoms with E-state index in [4.69, 9.17) is 10.00 Å². The van der Waals surface area contributed by atoms with Crippen molar-refractivity contribution in [2.24, 2.45) is 0 Å². The number of pyridine rings is 1. The van der Waals surface area contributed by atoms with Gasteiger partial charge in [-0.15, -0.1) is 0 Å². The molecule has 0 aromatic carbocycles. The number of aromatic nitrogens is 1. The second-order valence-electron chi connectivity index (χ2n) is 3.21. The average Bonchev–Trinajstić information content (AvgIpc) is 2.19. The molecule has 0 N–H and O–H groups in total. The van der Waals surface area contributed by atoms with Gasteiger partial charge in [-0.05, 0) is 25.5 Å². The molecule has 1 aromatic rings. The number of ether oxygens (including phenoxy) is 1. The Kier molecular flexibility index (Phi) is 3.93. The first kappa shape index (κ1) is 10.5. The summed E-state index contributed by atoms with van der Waals surface area (Å²) in [5, 5.41) is 8.54. The van der Waals surface area contributed by atoms with Crippen molar-refractivity contribution in [3.63, 3.8) is 0 Å². The zero-order valence-electron chi connectivity index (χ0n) is 8.53. The maximum Gasteiger partial charge on any atom is 0.140 e. The van der Waals surface area contributed by atoms with E-state index in [1.54, 1.807) is 18.3 Å². The predicted octanol–water partition coefficient (Wildman–Crippen LogP) is 2.52. The Labute approximate surface area is 84.3 Å². The van der Waals surface area contributed by atoms with Gasteiger partial charge in [-0.2, -0.15) is 5.26 Å². The summed E-state index contributed by atoms with van der Waals surface area (Å²) in [6.07, 6.45) is 3.92. The minimum Gasteiger partial charge on any atom is -0.489 e. The molecule has 3 heteroatoms. The van der Waals surface area contributed by atoms with Gasteiger partial charge in [-0.25, -0.2) is 4.98 Å². The Morgan fingerprint density at radius 2 is 2.36 bits per heavy atom. The molecule has 1 atom stereocenters. The number of rotatable bonds is 4. The Morgan fingerprint density at radius 3 is 2.86 bits per heavy atom. The van der Waals surface area contributed by atoms with Crippen LogP contribution in [0.1, 0.15) is 32.4 Å². The third kappa shape index (κ3) is 3.06. The molecule has 0 fully saturated rings. The first-order valence-electron chi connectivity index (χ1n) is 4.79. The maximum atomic E-state index is 8.54. The zero-order valence-corrected chi connectivity index (χ0v) is 8.53. The molecular formula is C11H14N2O. The summed E-state index contributed by atoms with van der Waals surface area (Å²) >= 11 is 0. The molecule has 0 aliphatic carbocycles. The van der Waals surface area contributed by atoms with Crippen LogP contribution < -0.4 is 4.74 Å². The molecular weight excluding hydrogens is 176 g/mol. The SMILES string of the molecule is CCCC(C)Oc1ccc(C#N)nc1. The van der Waals surface area contributed by atoms with Gasteiger partial charge in [0.2, 0.25) is 0 Å². The molecule has 0 saturated heterocycles. The van der Waals surface area contributed by atoms with E-state index in [-0.39, 0.29) is 6.10 Å². The van der Waals surface area contributed by atoms with Crippen molar-refractivity contribution < 1.29 is 4.74 Å². The monoisotopic (exact) mass is 190 g/mol. The lowest BCUT2D eigenvalue weighted by atomic mass is 10.2. The summed E-state index contributed by atoms with van der Waals surface area (Å²) < 4.78 is 5.58. The molecule has 74 valence electrons. The highest BCUT2D eigenvalue weighted by Gasteiger charge is 2.02. The Balaban J connectivity index is 2.56. The largest absolute Gasteiger partial charge is 0.489 e. The molecule has 1 heterocycles. The lowest BCUT2D eigenvalue weighted by molar-refractivity contribution is 0.209. The molecule has 1 rings (SSSR count). The second kappa shape index (κ2) is 5.23. The molecule has 0 spiro atoms. The van der Waals surface area contributed by atoms with Gasteiger partial charge < -0.3 is 4.74 Å². The zero-order chi connectivity index (χ0) is 10.4. The van der Waals surface area contributed by atoms with Crippen LogP contribution in [-0.2, 0) is 0 Å². The molecule has 1 unspecified atom stereocenters. The maximum absolute atomic E-state index is 8.54. The van der Waals surface area contributed by atoms with E-state index in [2.05, 4.69) is 11.9 Å². The van der Waals surface area contributed by atoms with Crippen molar-refractivity contribution in [1.82, 2.24) is 4.98 Å². The highest BCUT2D eigenvalue weighted by molar-refractivity contribution is 5.26. The fourth-order valence-electron chi connectivity index (χ4n) is 1.21. The smallest absolute Gasteiger partial charge is 0.140 e. The highest BCUT2D eigenvalue weighted by atomic mass is 16.5. The lowest BCUT2D eigenvalue weighted by Gasteiger charge is -2.12. The summed E-state index contributed by atoms with van der Waals surface area (Å²) in [6, 6.07) is 5.40. The van der Waals surface area contributed by atoms with Gasteiger partial charge in [-0.1, -0.05) is 13.3 Å². The summed E-state index contributed by atoms with van der Waals surface area (Å²) in [4.78, 5) is 3.92. The van der Waals surface area contributed by atoms with Gasteiger partial charge in [-0.3, -0.25) is 0 Å². The Bertz CT molecular complexity index is 313. The van der Waals surface area contributed by atoms with Gasteiger partial charge in [0.05, 0.1) is 12.3 Å². The quantitative estimate of drug-likeness (QED) is 0.732. The van der Waals surface area contributed by atoms with Gasteiger partial charge in [0.25, 0.3) is 0 Å². The van der Waals surface area contributed by atoms with Crippen molar-refractivity contribution in [1.29, 1.82) is 5.26 Å². The molecule has 0 aliphatic heterocycles. The van der Waals surface area contributed by atoms with Crippen LogP contribution in [0.15, 0.2) is 18.3 Å². The first-order valence-corrected chi connectivity index (χ1v) is 4.79. The van der Waals surface area contributed by atoms with Crippen LogP contribution in [0.25, 0.3) is 0 Å². The van der Waals surface area contributed by atoms with Crippen molar-refractivity contribution in [3.05, 3.63) is 24.0 Å². The number of hydrogen-bond acceptors (Lipinski definition) is 3. The number of nitriles is 1. The topological polar surface area (TPSA) is 45.9 Å². The highest BCUT2D eigenvalue weighted by Crippen LogP contribution is 2.12. The molecule has 3 nitrogen and oxygen atoms in total. The van der Waals surface area contributed by atoms with E-state index >= 15 is 0 Å². The minimum absolute atomic E-state index is 0.203. The standard InChI is InChI=1S/C11H14N2O/c1-3-4-9(2)14-11-6-5-10(7-12)13-8-11/h5-6,8-9H,3-4H2,1-2H3. The van der Waals surface area contributed by atoms with E-state index in [9.17, 15) is 0 Å². The molecule has 0 aliphatic rings. The minimum atomic E-state index is 0.203. The Hall–Kier alpha value is -1.56. The predicted molar refractivity (Wildman–Crippen MR) is 54.0 cm³/mol. The summed E-state index contributed by atoms with van der Waals surface area (Å²) in [7, 11) is 0. The third-order valence-corrected chi connectivity index (χ3v) is 1.88. The Morgan fingerprint density at radius 1 is 1.57 bits per heavy atom. The van der Waals surface area contributed by atoms with Gasteiger partial charge >= 0.3 is 0 Å². The van der Waals surface area contributed by atoms with Gasteiger partial charge in [0, 0.05) is 0 Å². The van der Waals surface area contributed by atoms with E-state index in [1.165, 1.54) is 0 Å². The fraction of sp³-hybridized carbons (Fsp3) is 0.455. The van der Waals surface area contributed by atoms with E-state index in [0.717, 1.165) is 18.6 Å². The summed E-state index contributed by atoms with van der Waals surface area (Å²) in [6.45, 7) is 4.15. The molecule has 14 heavy (non-hydrogen) atoms. The van der Waals surface area contributed by atoms with E-state index in [1.807, 2.05) is 13.0 Å². The van der Waals surface area contributed by atoms with Crippen molar-refractivity contribution in [2.75, 3.05) is 0 Å². The second-order valence-corrected chi connectivity index (χ2v) is 3.21. The lowest BCUT2D eigenvalue weighted by Crippen LogP contribution is -2.11. The third-order valence-electron chi connectivity index (χ3n) is 1.88. The number of hydrogen-bond donors (Lipinski definition) is 0. The molecule has 0 radical (unpaired) electrons. The fourth-order valence-corrected chi connectivity index (χ4v) is 1.21. The summed E-state index contributed by atoms with van der Waals surface area (Å²) in [5.41, 5.74) is 0.417. The normalized spacial score (nSPS) is 11.8. The van der Waals surface area contributed by atoms with Gasteiger partial charge in [0.15, 0.2) is 0 Å². The van der Waals surface area contributed by atoms with Crippen LogP contribution in [0.3, 0.4) is 0 Å². The van der Waals surface area contributed by atoms with Crippen LogP contribution in [0, 0.1) is 11.3 Å². The molecule has 0 bridgehead atoms. The van der Waals surface area contributed by atoms with Crippen LogP contribution in [0.2, 0.25) is 0 Å². The molecule has 0 amide bonds. The summed E-state index contributed by atoms with van der Waals surface area (Å²) in [5.74, 6) is 0.727. The number of nitrogens with zero attached hydrogens (tertiary/aromatic N) is 2. The van der Waals surface area contributed by atoms with Crippen molar-refractivity contribution in [2.45, 2.75) is 32.8 Å². The van der Waals surface area contributed by atoms with Crippen LogP contribution >= 0.6 is 0 Å². The van der Waals surface area contributed by atoms with E-state index < -0.39 is 0 Å². The van der Waals surface area contributed by atoms with Crippen LogP contribution in [0.5, 0.6) is 5.75 Å². The van der Waals surface area contributed by atoms with Crippen LogP contribution in [0.4, 0.5) is 0 Å². The average molecular weight is 190 g/mol. The van der Waals surface area contributed by atoms with Crippen molar-refractivity contribution >= 4 is 0 Å². The van der Waals surface area contributed by atoms with Crippen LogP contribution in [-0.4, -0.2) is 11.1 Å². The first-order chi connectivity index (χ1) is 6.76. The molecule has 0 saturated carbocycles. The van der Waals surface area contributed by atoms with Gasteiger partial charge in [0.1, 0.15) is 17.5 Å². The van der Waals surface area contributed by atoms with Crippen molar-refractivity contribution in [3.8, 4) is 11.8 Å². The molecule has 1 aromatic heterocycles.